The zero-order valence-corrected chi connectivity index (χ0v) is 9.16. The van der Waals surface area contributed by atoms with Crippen LogP contribution in [0.3, 0.4) is 0 Å². The summed E-state index contributed by atoms with van der Waals surface area (Å²) < 4.78 is 0. The molecule has 1 aliphatic carbocycles. The quantitative estimate of drug-likeness (QED) is 0.737. The lowest BCUT2D eigenvalue weighted by Gasteiger charge is -2.36. The number of rotatable bonds is 3. The number of benzene rings is 1. The van der Waals surface area contributed by atoms with Crippen LogP contribution in [0.2, 0.25) is 0 Å². The SMILES string of the molecule is C#CCNC1CC(c2ccc(C)cc2)C1. The van der Waals surface area contributed by atoms with Crippen molar-refractivity contribution in [2.45, 2.75) is 31.7 Å². The van der Waals surface area contributed by atoms with Crippen molar-refractivity contribution in [2.75, 3.05) is 6.54 Å². The van der Waals surface area contributed by atoms with Crippen molar-refractivity contribution in [1.82, 2.24) is 5.32 Å². The van der Waals surface area contributed by atoms with Crippen molar-refractivity contribution in [3.63, 3.8) is 0 Å². The predicted octanol–water partition coefficient (Wildman–Crippen LogP) is 2.46. The third-order valence-electron chi connectivity index (χ3n) is 3.18. The van der Waals surface area contributed by atoms with Gasteiger partial charge >= 0.3 is 0 Å². The molecular weight excluding hydrogens is 182 g/mol. The van der Waals surface area contributed by atoms with Crippen molar-refractivity contribution < 1.29 is 0 Å². The minimum absolute atomic E-state index is 0.632. The first kappa shape index (κ1) is 10.3. The molecule has 0 aromatic heterocycles. The van der Waals surface area contributed by atoms with Crippen LogP contribution in [0.5, 0.6) is 0 Å². The van der Waals surface area contributed by atoms with Crippen molar-refractivity contribution in [1.29, 1.82) is 0 Å². The average molecular weight is 199 g/mol. The Kier molecular flexibility index (Phi) is 3.08. The van der Waals surface area contributed by atoms with Crippen LogP contribution in [0.1, 0.15) is 29.9 Å². The molecule has 1 aromatic carbocycles. The Morgan fingerprint density at radius 2 is 2.00 bits per heavy atom. The third kappa shape index (κ3) is 2.40. The maximum atomic E-state index is 5.21. The van der Waals surface area contributed by atoms with Crippen molar-refractivity contribution in [3.8, 4) is 12.3 Å². The maximum Gasteiger partial charge on any atom is 0.0575 e. The molecule has 0 bridgehead atoms. The molecule has 0 amide bonds. The number of hydrogen-bond donors (Lipinski definition) is 1. The average Bonchev–Trinajstić information content (AvgIpc) is 2.18. The molecule has 1 aliphatic rings. The fourth-order valence-electron chi connectivity index (χ4n) is 2.10. The van der Waals surface area contributed by atoms with E-state index in [4.69, 9.17) is 6.42 Å². The van der Waals surface area contributed by atoms with Crippen molar-refractivity contribution in [2.24, 2.45) is 0 Å². The van der Waals surface area contributed by atoms with E-state index >= 15 is 0 Å². The van der Waals surface area contributed by atoms with Gasteiger partial charge in [-0.25, -0.2) is 0 Å². The molecular formula is C14H17N. The summed E-state index contributed by atoms with van der Waals surface area (Å²) >= 11 is 0. The predicted molar refractivity (Wildman–Crippen MR) is 63.8 cm³/mol. The fraction of sp³-hybridized carbons (Fsp3) is 0.429. The second-order valence-corrected chi connectivity index (χ2v) is 4.36. The fourth-order valence-corrected chi connectivity index (χ4v) is 2.10. The van der Waals surface area contributed by atoms with Gasteiger partial charge in [0, 0.05) is 6.04 Å². The molecule has 0 spiro atoms. The minimum Gasteiger partial charge on any atom is -0.303 e. The van der Waals surface area contributed by atoms with Gasteiger partial charge in [-0.1, -0.05) is 35.7 Å². The molecule has 0 radical (unpaired) electrons. The second kappa shape index (κ2) is 4.51. The van der Waals surface area contributed by atoms with E-state index in [-0.39, 0.29) is 0 Å². The van der Waals surface area contributed by atoms with E-state index in [9.17, 15) is 0 Å². The summed E-state index contributed by atoms with van der Waals surface area (Å²) in [5.74, 6) is 3.35. The molecule has 1 N–H and O–H groups in total. The number of terminal acetylenes is 1. The van der Waals surface area contributed by atoms with Crippen LogP contribution in [-0.2, 0) is 0 Å². The van der Waals surface area contributed by atoms with Crippen LogP contribution in [-0.4, -0.2) is 12.6 Å². The molecule has 1 aromatic rings. The summed E-state index contributed by atoms with van der Waals surface area (Å²) in [4.78, 5) is 0. The molecule has 0 saturated heterocycles. The Labute approximate surface area is 91.9 Å². The van der Waals surface area contributed by atoms with Gasteiger partial charge in [-0.2, -0.15) is 0 Å². The molecule has 1 saturated carbocycles. The Hall–Kier alpha value is -1.26. The van der Waals surface area contributed by atoms with Gasteiger partial charge < -0.3 is 5.32 Å². The standard InChI is InChI=1S/C14H17N/c1-3-8-15-14-9-13(10-14)12-6-4-11(2)5-7-12/h1,4-7,13-15H,8-10H2,2H3. The van der Waals surface area contributed by atoms with Crippen molar-refractivity contribution >= 4 is 0 Å². The molecule has 1 nitrogen and oxygen atoms in total. The van der Waals surface area contributed by atoms with Gasteiger partial charge in [-0.3, -0.25) is 0 Å². The summed E-state index contributed by atoms with van der Waals surface area (Å²) in [5, 5.41) is 3.34. The topological polar surface area (TPSA) is 12.0 Å². The Morgan fingerprint density at radius 1 is 1.33 bits per heavy atom. The lowest BCUT2D eigenvalue weighted by atomic mass is 9.76. The monoisotopic (exact) mass is 199 g/mol. The number of hydrogen-bond acceptors (Lipinski definition) is 1. The third-order valence-corrected chi connectivity index (χ3v) is 3.18. The summed E-state index contributed by atoms with van der Waals surface area (Å²) in [6.45, 7) is 2.83. The van der Waals surface area contributed by atoms with E-state index in [1.54, 1.807) is 0 Å². The number of nitrogens with one attached hydrogen (secondary N) is 1. The zero-order chi connectivity index (χ0) is 10.7. The van der Waals surface area contributed by atoms with E-state index < -0.39 is 0 Å². The van der Waals surface area contributed by atoms with Gasteiger partial charge in [0.15, 0.2) is 0 Å². The van der Waals surface area contributed by atoms with E-state index in [0.717, 1.165) is 5.92 Å². The lowest BCUT2D eigenvalue weighted by Crippen LogP contribution is -2.40. The molecule has 15 heavy (non-hydrogen) atoms. The molecule has 78 valence electrons. The van der Waals surface area contributed by atoms with Crippen LogP contribution in [0, 0.1) is 19.3 Å². The highest BCUT2D eigenvalue weighted by molar-refractivity contribution is 5.26. The van der Waals surface area contributed by atoms with Crippen LogP contribution in [0.4, 0.5) is 0 Å². The highest BCUT2D eigenvalue weighted by atomic mass is 14.9. The maximum absolute atomic E-state index is 5.21. The highest BCUT2D eigenvalue weighted by Gasteiger charge is 2.29. The Balaban J connectivity index is 1.84. The van der Waals surface area contributed by atoms with Gasteiger partial charge in [0.25, 0.3) is 0 Å². The molecule has 1 heteroatoms. The Morgan fingerprint density at radius 3 is 2.60 bits per heavy atom. The van der Waals surface area contributed by atoms with Crippen LogP contribution < -0.4 is 5.32 Å². The van der Waals surface area contributed by atoms with Gasteiger partial charge in [0.2, 0.25) is 0 Å². The van der Waals surface area contributed by atoms with E-state index in [2.05, 4.69) is 42.4 Å². The van der Waals surface area contributed by atoms with Crippen LogP contribution in [0.25, 0.3) is 0 Å². The largest absolute Gasteiger partial charge is 0.303 e. The molecule has 2 rings (SSSR count). The summed E-state index contributed by atoms with van der Waals surface area (Å²) in [6.07, 6.45) is 7.66. The summed E-state index contributed by atoms with van der Waals surface area (Å²) in [6, 6.07) is 9.51. The normalized spacial score (nSPS) is 24.3. The van der Waals surface area contributed by atoms with E-state index in [1.807, 2.05) is 0 Å². The molecule has 0 unspecified atom stereocenters. The van der Waals surface area contributed by atoms with Crippen LogP contribution >= 0.6 is 0 Å². The highest BCUT2D eigenvalue weighted by Crippen LogP contribution is 2.36. The lowest BCUT2D eigenvalue weighted by molar-refractivity contribution is 0.301. The first-order valence-electron chi connectivity index (χ1n) is 5.53. The molecule has 0 heterocycles. The van der Waals surface area contributed by atoms with E-state index in [1.165, 1.54) is 24.0 Å². The van der Waals surface area contributed by atoms with Gasteiger partial charge in [-0.15, -0.1) is 6.42 Å². The van der Waals surface area contributed by atoms with E-state index in [0.29, 0.717) is 12.6 Å². The van der Waals surface area contributed by atoms with Gasteiger partial charge in [0.1, 0.15) is 0 Å². The first-order valence-corrected chi connectivity index (χ1v) is 5.53. The second-order valence-electron chi connectivity index (χ2n) is 4.36. The van der Waals surface area contributed by atoms with Gasteiger partial charge in [-0.05, 0) is 31.2 Å². The summed E-state index contributed by atoms with van der Waals surface area (Å²) in [5.41, 5.74) is 2.81. The summed E-state index contributed by atoms with van der Waals surface area (Å²) in [7, 11) is 0. The number of aryl methyl sites for hydroxylation is 1. The molecule has 0 aliphatic heterocycles. The molecule has 0 atom stereocenters. The van der Waals surface area contributed by atoms with Gasteiger partial charge in [0.05, 0.1) is 6.54 Å². The van der Waals surface area contributed by atoms with Crippen LogP contribution in [0.15, 0.2) is 24.3 Å². The minimum atomic E-state index is 0.632. The van der Waals surface area contributed by atoms with Crippen molar-refractivity contribution in [3.05, 3.63) is 35.4 Å². The zero-order valence-electron chi connectivity index (χ0n) is 9.16. The first-order chi connectivity index (χ1) is 7.29. The molecule has 1 fully saturated rings. The Bertz CT molecular complexity index is 352. The smallest absolute Gasteiger partial charge is 0.0575 e.